The van der Waals surface area contributed by atoms with Gasteiger partial charge >= 0.3 is 6.01 Å². The van der Waals surface area contributed by atoms with Crippen LogP contribution in [-0.2, 0) is 6.61 Å². The molecule has 162 valence electrons. The van der Waals surface area contributed by atoms with Gasteiger partial charge in [0.25, 0.3) is 0 Å². The number of hydrogen-bond acceptors (Lipinski definition) is 6. The lowest BCUT2D eigenvalue weighted by Crippen LogP contribution is -2.04. The van der Waals surface area contributed by atoms with Crippen LogP contribution in [0.15, 0.2) is 78.9 Å². The molecule has 0 aliphatic carbocycles. The molecule has 0 spiro atoms. The van der Waals surface area contributed by atoms with Crippen LogP contribution in [0.3, 0.4) is 0 Å². The van der Waals surface area contributed by atoms with Crippen LogP contribution in [0.2, 0.25) is 0 Å². The van der Waals surface area contributed by atoms with Crippen molar-refractivity contribution in [2.75, 3.05) is 13.2 Å². The van der Waals surface area contributed by atoms with Crippen molar-refractivity contribution < 1.29 is 14.2 Å². The van der Waals surface area contributed by atoms with Gasteiger partial charge in [-0.25, -0.2) is 0 Å². The second kappa shape index (κ2) is 10.4. The molecule has 0 saturated heterocycles. The lowest BCUT2D eigenvalue weighted by molar-refractivity contribution is 0.277. The van der Waals surface area contributed by atoms with Gasteiger partial charge in [-0.05, 0) is 67.9 Å². The van der Waals surface area contributed by atoms with E-state index in [9.17, 15) is 0 Å². The maximum Gasteiger partial charge on any atom is 0.336 e. The van der Waals surface area contributed by atoms with E-state index in [1.165, 1.54) is 0 Å². The van der Waals surface area contributed by atoms with E-state index >= 15 is 0 Å². The largest absolute Gasteiger partial charge is 0.494 e. The molecule has 1 heterocycles. The summed E-state index contributed by atoms with van der Waals surface area (Å²) in [5.74, 6) is 1.61. The summed E-state index contributed by atoms with van der Waals surface area (Å²) in [6.07, 6.45) is 0. The van der Waals surface area contributed by atoms with Crippen molar-refractivity contribution in [1.82, 2.24) is 15.2 Å². The first-order valence-corrected chi connectivity index (χ1v) is 10.6. The third-order valence-corrected chi connectivity index (χ3v) is 4.76. The Balaban J connectivity index is 1.68. The maximum absolute atomic E-state index is 5.83. The topological polar surface area (TPSA) is 66.4 Å². The summed E-state index contributed by atoms with van der Waals surface area (Å²) in [5, 5.41) is 8.69. The first-order valence-electron chi connectivity index (χ1n) is 10.6. The molecule has 0 N–H and O–H groups in total. The smallest absolute Gasteiger partial charge is 0.336 e. The van der Waals surface area contributed by atoms with Crippen LogP contribution in [0.1, 0.15) is 19.4 Å². The fraction of sp³-hybridized carbons (Fsp3) is 0.192. The van der Waals surface area contributed by atoms with Crippen molar-refractivity contribution in [3.05, 3.63) is 84.4 Å². The molecule has 4 aromatic rings. The summed E-state index contributed by atoms with van der Waals surface area (Å²) in [5.41, 5.74) is 4.19. The molecule has 32 heavy (non-hydrogen) atoms. The molecule has 0 unspecified atom stereocenters. The predicted octanol–water partition coefficient (Wildman–Crippen LogP) is 5.58. The van der Waals surface area contributed by atoms with Gasteiger partial charge in [0.05, 0.1) is 13.2 Å². The van der Waals surface area contributed by atoms with E-state index in [1.54, 1.807) is 0 Å². The Hall–Kier alpha value is -3.93. The van der Waals surface area contributed by atoms with E-state index in [2.05, 4.69) is 10.2 Å². The van der Waals surface area contributed by atoms with Gasteiger partial charge in [-0.1, -0.05) is 35.4 Å². The Kier molecular flexibility index (Phi) is 6.92. The van der Waals surface area contributed by atoms with E-state index in [0.29, 0.717) is 31.2 Å². The van der Waals surface area contributed by atoms with Gasteiger partial charge in [0, 0.05) is 11.1 Å². The van der Waals surface area contributed by atoms with Crippen molar-refractivity contribution in [3.63, 3.8) is 0 Å². The molecule has 3 aromatic carbocycles. The molecule has 0 aliphatic rings. The molecular weight excluding hydrogens is 402 g/mol. The van der Waals surface area contributed by atoms with Crippen LogP contribution < -0.4 is 14.2 Å². The van der Waals surface area contributed by atoms with Crippen molar-refractivity contribution >= 4 is 0 Å². The monoisotopic (exact) mass is 427 g/mol. The van der Waals surface area contributed by atoms with E-state index in [1.807, 2.05) is 92.7 Å². The minimum atomic E-state index is 0.229. The number of nitrogens with zero attached hydrogens (tertiary/aromatic N) is 3. The Bertz CT molecular complexity index is 1130. The third kappa shape index (κ3) is 5.21. The van der Waals surface area contributed by atoms with Gasteiger partial charge < -0.3 is 14.2 Å². The highest BCUT2D eigenvalue weighted by atomic mass is 16.5. The number of aromatic nitrogens is 3. The highest BCUT2D eigenvalue weighted by molar-refractivity contribution is 5.78. The molecule has 0 bridgehead atoms. The van der Waals surface area contributed by atoms with E-state index in [4.69, 9.17) is 19.2 Å². The van der Waals surface area contributed by atoms with E-state index in [-0.39, 0.29) is 6.01 Å². The van der Waals surface area contributed by atoms with E-state index in [0.717, 1.165) is 28.2 Å². The fourth-order valence-electron chi connectivity index (χ4n) is 3.24. The quantitative estimate of drug-likeness (QED) is 0.347. The number of benzene rings is 3. The molecule has 0 aliphatic heterocycles. The standard InChI is InChI=1S/C26H25N3O3/c1-3-30-22-14-10-20(11-15-22)24-25(21-12-16-23(17-13-21)31-4-2)28-29-26(27-24)32-18-19-8-6-5-7-9-19/h5-17H,3-4,18H2,1-2H3. The highest BCUT2D eigenvalue weighted by Gasteiger charge is 2.15. The lowest BCUT2D eigenvalue weighted by atomic mass is 10.0. The maximum atomic E-state index is 5.83. The van der Waals surface area contributed by atoms with Gasteiger partial charge in [0.1, 0.15) is 29.5 Å². The molecule has 6 heteroatoms. The first kappa shape index (κ1) is 21.3. The summed E-state index contributed by atoms with van der Waals surface area (Å²) in [4.78, 5) is 4.70. The highest BCUT2D eigenvalue weighted by Crippen LogP contribution is 2.31. The number of hydrogen-bond donors (Lipinski definition) is 0. The Morgan fingerprint density at radius 1 is 0.594 bits per heavy atom. The van der Waals surface area contributed by atoms with Gasteiger partial charge in [-0.3, -0.25) is 0 Å². The Morgan fingerprint density at radius 2 is 1.16 bits per heavy atom. The van der Waals surface area contributed by atoms with Crippen LogP contribution in [-0.4, -0.2) is 28.4 Å². The van der Waals surface area contributed by atoms with Crippen LogP contribution in [0.5, 0.6) is 17.5 Å². The predicted molar refractivity (Wildman–Crippen MR) is 124 cm³/mol. The van der Waals surface area contributed by atoms with Gasteiger partial charge in [0.2, 0.25) is 0 Å². The Labute approximate surface area is 187 Å². The lowest BCUT2D eigenvalue weighted by Gasteiger charge is -2.11. The average molecular weight is 428 g/mol. The van der Waals surface area contributed by atoms with Crippen LogP contribution in [0, 0.1) is 0 Å². The van der Waals surface area contributed by atoms with Crippen LogP contribution in [0.4, 0.5) is 0 Å². The minimum absolute atomic E-state index is 0.229. The van der Waals surface area contributed by atoms with Crippen LogP contribution in [0.25, 0.3) is 22.5 Å². The fourth-order valence-corrected chi connectivity index (χ4v) is 3.24. The van der Waals surface area contributed by atoms with Gasteiger partial charge in [-0.15, -0.1) is 5.10 Å². The number of rotatable bonds is 9. The molecule has 4 rings (SSSR count). The van der Waals surface area contributed by atoms with Gasteiger partial charge in [0.15, 0.2) is 0 Å². The molecule has 6 nitrogen and oxygen atoms in total. The molecular formula is C26H25N3O3. The second-order valence-corrected chi connectivity index (χ2v) is 6.98. The van der Waals surface area contributed by atoms with Crippen molar-refractivity contribution in [2.24, 2.45) is 0 Å². The average Bonchev–Trinajstić information content (AvgIpc) is 2.85. The van der Waals surface area contributed by atoms with Crippen molar-refractivity contribution in [3.8, 4) is 40.0 Å². The zero-order valence-electron chi connectivity index (χ0n) is 18.2. The second-order valence-electron chi connectivity index (χ2n) is 6.98. The SMILES string of the molecule is CCOc1ccc(-c2nnc(OCc3ccccc3)nc2-c2ccc(OCC)cc2)cc1. The van der Waals surface area contributed by atoms with E-state index < -0.39 is 0 Å². The summed E-state index contributed by atoms with van der Waals surface area (Å²) in [6, 6.07) is 25.7. The molecule has 1 aromatic heterocycles. The molecule has 0 amide bonds. The van der Waals surface area contributed by atoms with Crippen LogP contribution >= 0.6 is 0 Å². The van der Waals surface area contributed by atoms with Crippen molar-refractivity contribution in [1.29, 1.82) is 0 Å². The normalized spacial score (nSPS) is 10.6. The first-order chi connectivity index (χ1) is 15.8. The Morgan fingerprint density at radius 3 is 1.72 bits per heavy atom. The summed E-state index contributed by atoms with van der Waals surface area (Å²) >= 11 is 0. The number of ether oxygens (including phenoxy) is 3. The molecule has 0 radical (unpaired) electrons. The molecule has 0 fully saturated rings. The van der Waals surface area contributed by atoms with Crippen molar-refractivity contribution in [2.45, 2.75) is 20.5 Å². The summed E-state index contributed by atoms with van der Waals surface area (Å²) in [6.45, 7) is 5.52. The molecule has 0 atom stereocenters. The minimum Gasteiger partial charge on any atom is -0.494 e. The summed E-state index contributed by atoms with van der Waals surface area (Å²) < 4.78 is 17.0. The molecule has 0 saturated carbocycles. The zero-order valence-corrected chi connectivity index (χ0v) is 18.2. The summed E-state index contributed by atoms with van der Waals surface area (Å²) in [7, 11) is 0. The third-order valence-electron chi connectivity index (χ3n) is 4.76. The zero-order chi connectivity index (χ0) is 22.2. The van der Waals surface area contributed by atoms with Gasteiger partial charge in [-0.2, -0.15) is 4.98 Å².